The molecule has 0 spiro atoms. The lowest BCUT2D eigenvalue weighted by Gasteiger charge is -2.20. The van der Waals surface area contributed by atoms with Gasteiger partial charge in [0.05, 0.1) is 19.2 Å². The van der Waals surface area contributed by atoms with Crippen LogP contribution in [-0.2, 0) is 11.3 Å². The van der Waals surface area contributed by atoms with Crippen molar-refractivity contribution in [3.05, 3.63) is 22.4 Å². The van der Waals surface area contributed by atoms with Crippen LogP contribution in [0.1, 0.15) is 11.3 Å². The highest BCUT2D eigenvalue weighted by Crippen LogP contribution is 2.12. The minimum Gasteiger partial charge on any atom is -0.392 e. The lowest BCUT2D eigenvalue weighted by Crippen LogP contribution is -2.37. The fourth-order valence-corrected chi connectivity index (χ4v) is 2.75. The molecule has 1 amide bonds. The van der Waals surface area contributed by atoms with Crippen LogP contribution in [0.25, 0.3) is 0 Å². The van der Waals surface area contributed by atoms with Crippen LogP contribution < -0.4 is 0 Å². The van der Waals surface area contributed by atoms with E-state index in [-0.39, 0.29) is 12.0 Å². The molecular formula is C12H18N2O2S. The highest BCUT2D eigenvalue weighted by Gasteiger charge is 2.23. The molecule has 1 N–H and O–H groups in total. The summed E-state index contributed by atoms with van der Waals surface area (Å²) in [6.07, 6.45) is 0.521. The molecule has 0 bridgehead atoms. The highest BCUT2D eigenvalue weighted by molar-refractivity contribution is 7.09. The Balaban J connectivity index is 1.79. The third-order valence-electron chi connectivity index (χ3n) is 3.01. The smallest absolute Gasteiger partial charge is 0.236 e. The van der Waals surface area contributed by atoms with Gasteiger partial charge in [0.1, 0.15) is 0 Å². The van der Waals surface area contributed by atoms with Crippen LogP contribution in [0.15, 0.2) is 17.5 Å². The lowest BCUT2D eigenvalue weighted by atomic mass is 10.3. The van der Waals surface area contributed by atoms with E-state index < -0.39 is 0 Å². The molecule has 0 aliphatic carbocycles. The second-order valence-electron chi connectivity index (χ2n) is 4.51. The summed E-state index contributed by atoms with van der Waals surface area (Å²) in [5.74, 6) is 0.118. The van der Waals surface area contributed by atoms with E-state index in [4.69, 9.17) is 0 Å². The van der Waals surface area contributed by atoms with Gasteiger partial charge in [-0.2, -0.15) is 0 Å². The summed E-state index contributed by atoms with van der Waals surface area (Å²) < 4.78 is 0. The highest BCUT2D eigenvalue weighted by atomic mass is 32.1. The molecule has 5 heteroatoms. The van der Waals surface area contributed by atoms with Gasteiger partial charge in [0, 0.05) is 25.0 Å². The second-order valence-corrected chi connectivity index (χ2v) is 5.54. The Morgan fingerprint density at radius 1 is 1.71 bits per heavy atom. The summed E-state index contributed by atoms with van der Waals surface area (Å²) in [4.78, 5) is 16.9. The van der Waals surface area contributed by atoms with Crippen molar-refractivity contribution in [1.82, 2.24) is 9.80 Å². The van der Waals surface area contributed by atoms with Gasteiger partial charge in [0.15, 0.2) is 0 Å². The molecule has 4 nitrogen and oxygen atoms in total. The number of thiophene rings is 1. The molecule has 0 aromatic carbocycles. The Bertz CT molecular complexity index is 367. The number of aliphatic hydroxyl groups is 1. The van der Waals surface area contributed by atoms with E-state index in [9.17, 15) is 9.90 Å². The zero-order valence-electron chi connectivity index (χ0n) is 10.0. The van der Waals surface area contributed by atoms with Crippen LogP contribution in [0, 0.1) is 0 Å². The summed E-state index contributed by atoms with van der Waals surface area (Å²) in [5.41, 5.74) is 0. The molecule has 1 aromatic rings. The summed E-state index contributed by atoms with van der Waals surface area (Å²) >= 11 is 1.66. The van der Waals surface area contributed by atoms with Gasteiger partial charge in [0.25, 0.3) is 0 Å². The number of likely N-dealkylation sites (tertiary alicyclic amines) is 1. The number of rotatable bonds is 4. The van der Waals surface area contributed by atoms with Crippen molar-refractivity contribution < 1.29 is 9.90 Å². The third kappa shape index (κ3) is 3.52. The number of hydrogen-bond donors (Lipinski definition) is 1. The molecule has 0 radical (unpaired) electrons. The van der Waals surface area contributed by atoms with Gasteiger partial charge in [0.2, 0.25) is 5.91 Å². The first-order valence-corrected chi connectivity index (χ1v) is 6.70. The molecule has 1 aliphatic heterocycles. The molecule has 2 rings (SSSR count). The minimum atomic E-state index is -0.259. The van der Waals surface area contributed by atoms with E-state index in [0.717, 1.165) is 13.0 Å². The summed E-state index contributed by atoms with van der Waals surface area (Å²) in [6.45, 7) is 2.53. The first-order valence-electron chi connectivity index (χ1n) is 5.82. The molecule has 2 heterocycles. The third-order valence-corrected chi connectivity index (χ3v) is 3.87. The van der Waals surface area contributed by atoms with Gasteiger partial charge in [-0.1, -0.05) is 6.07 Å². The summed E-state index contributed by atoms with van der Waals surface area (Å²) in [5, 5.41) is 11.4. The van der Waals surface area contributed by atoms with Crippen molar-refractivity contribution in [3.8, 4) is 0 Å². The van der Waals surface area contributed by atoms with Crippen LogP contribution in [0.2, 0.25) is 0 Å². The number of aliphatic hydroxyl groups excluding tert-OH is 1. The van der Waals surface area contributed by atoms with Gasteiger partial charge < -0.3 is 10.0 Å². The quantitative estimate of drug-likeness (QED) is 0.863. The van der Waals surface area contributed by atoms with Crippen molar-refractivity contribution in [3.63, 3.8) is 0 Å². The zero-order chi connectivity index (χ0) is 12.3. The number of carbonyl (C=O) groups is 1. The molecule has 0 saturated carbocycles. The van der Waals surface area contributed by atoms with Gasteiger partial charge >= 0.3 is 0 Å². The molecular weight excluding hydrogens is 236 g/mol. The molecule has 1 atom stereocenters. The van der Waals surface area contributed by atoms with Crippen LogP contribution in [0.5, 0.6) is 0 Å². The van der Waals surface area contributed by atoms with Gasteiger partial charge in [-0.15, -0.1) is 11.3 Å². The number of nitrogens with zero attached hydrogens (tertiary/aromatic N) is 2. The Labute approximate surface area is 105 Å². The average Bonchev–Trinajstić information content (AvgIpc) is 2.90. The SMILES string of the molecule is CN(Cc1cccs1)C(=O)CN1CC[C@H](O)C1. The maximum absolute atomic E-state index is 11.9. The van der Waals surface area contributed by atoms with E-state index in [2.05, 4.69) is 0 Å². The predicted molar refractivity (Wildman–Crippen MR) is 67.9 cm³/mol. The van der Waals surface area contributed by atoms with Crippen molar-refractivity contribution >= 4 is 17.2 Å². The van der Waals surface area contributed by atoms with E-state index in [1.165, 1.54) is 4.88 Å². The maximum Gasteiger partial charge on any atom is 0.236 e. The Kier molecular flexibility index (Phi) is 4.15. The number of carbonyl (C=O) groups excluding carboxylic acids is 1. The lowest BCUT2D eigenvalue weighted by molar-refractivity contribution is -0.131. The van der Waals surface area contributed by atoms with Crippen LogP contribution in [0.3, 0.4) is 0 Å². The predicted octanol–water partition coefficient (Wildman–Crippen LogP) is 0.773. The number of likely N-dealkylation sites (N-methyl/N-ethyl adjacent to an activating group) is 1. The zero-order valence-corrected chi connectivity index (χ0v) is 10.8. The first-order chi connectivity index (χ1) is 8.15. The monoisotopic (exact) mass is 254 g/mol. The molecule has 1 fully saturated rings. The van der Waals surface area contributed by atoms with Gasteiger partial charge in [-0.05, 0) is 17.9 Å². The van der Waals surface area contributed by atoms with E-state index >= 15 is 0 Å². The van der Waals surface area contributed by atoms with Crippen LogP contribution in [0.4, 0.5) is 0 Å². The molecule has 0 unspecified atom stereocenters. The van der Waals surface area contributed by atoms with E-state index in [1.807, 2.05) is 29.5 Å². The Morgan fingerprint density at radius 3 is 3.12 bits per heavy atom. The molecule has 1 aliphatic rings. The van der Waals surface area contributed by atoms with Crippen molar-refractivity contribution in [1.29, 1.82) is 0 Å². The normalized spacial score (nSPS) is 20.7. The van der Waals surface area contributed by atoms with Gasteiger partial charge in [-0.25, -0.2) is 0 Å². The van der Waals surface area contributed by atoms with Crippen LogP contribution >= 0.6 is 11.3 Å². The standard InChI is InChI=1S/C12H18N2O2S/c1-13(8-11-3-2-6-17-11)12(16)9-14-5-4-10(15)7-14/h2-3,6,10,15H,4-5,7-9H2,1H3/t10-/m0/s1. The van der Waals surface area contributed by atoms with Crippen molar-refractivity contribution in [2.45, 2.75) is 19.1 Å². The fraction of sp³-hybridized carbons (Fsp3) is 0.583. The largest absolute Gasteiger partial charge is 0.392 e. The van der Waals surface area contributed by atoms with Crippen molar-refractivity contribution in [2.24, 2.45) is 0 Å². The van der Waals surface area contributed by atoms with Crippen molar-refractivity contribution in [2.75, 3.05) is 26.7 Å². The number of amides is 1. The summed E-state index contributed by atoms with van der Waals surface area (Å²) in [7, 11) is 1.83. The average molecular weight is 254 g/mol. The van der Waals surface area contributed by atoms with Crippen LogP contribution in [-0.4, -0.2) is 53.6 Å². The first kappa shape index (κ1) is 12.5. The number of hydrogen-bond acceptors (Lipinski definition) is 4. The van der Waals surface area contributed by atoms with E-state index in [0.29, 0.717) is 19.6 Å². The second kappa shape index (κ2) is 5.62. The molecule has 94 valence electrons. The minimum absolute atomic E-state index is 0.118. The molecule has 17 heavy (non-hydrogen) atoms. The Hall–Kier alpha value is -0.910. The van der Waals surface area contributed by atoms with E-state index in [1.54, 1.807) is 16.2 Å². The summed E-state index contributed by atoms with van der Waals surface area (Å²) in [6, 6.07) is 4.03. The molecule has 1 saturated heterocycles. The molecule has 1 aromatic heterocycles. The fourth-order valence-electron chi connectivity index (χ4n) is 1.99. The Morgan fingerprint density at radius 2 is 2.53 bits per heavy atom. The maximum atomic E-state index is 11.9. The van der Waals surface area contributed by atoms with Gasteiger partial charge in [-0.3, -0.25) is 9.69 Å². The topological polar surface area (TPSA) is 43.8 Å². The number of β-amino-alcohol motifs (C(OH)–C–C–N with tert-alkyl or cyclic N) is 1.